The highest BCUT2D eigenvalue weighted by molar-refractivity contribution is 5.77. The molecule has 0 saturated heterocycles. The van der Waals surface area contributed by atoms with Crippen molar-refractivity contribution in [3.63, 3.8) is 0 Å². The van der Waals surface area contributed by atoms with Gasteiger partial charge in [-0.15, -0.1) is 0 Å². The van der Waals surface area contributed by atoms with Crippen LogP contribution in [0.3, 0.4) is 0 Å². The maximum Gasteiger partial charge on any atom is 0.233 e. The molecule has 0 aliphatic carbocycles. The molecule has 0 atom stereocenters. The fourth-order valence-corrected chi connectivity index (χ4v) is 1.28. The van der Waals surface area contributed by atoms with Gasteiger partial charge < -0.3 is 27.0 Å². The monoisotopic (exact) mass is 259 g/mol. The van der Waals surface area contributed by atoms with E-state index < -0.39 is 0 Å². The summed E-state index contributed by atoms with van der Waals surface area (Å²) in [4.78, 5) is 21.4. The summed E-state index contributed by atoms with van der Waals surface area (Å²) in [6.45, 7) is 6.14. The molecule has 2 amide bonds. The van der Waals surface area contributed by atoms with Crippen LogP contribution in [0.15, 0.2) is 0 Å². The standard InChI is InChI=1S/C11H25N5O2/c1-10(17)15-7-5-13-3-2-4-14-6-8-16-11(18)9-12/h13-14H,2-9,12H2,1H3,(H,15,17)(H,16,18). The van der Waals surface area contributed by atoms with Crippen molar-refractivity contribution in [2.24, 2.45) is 5.73 Å². The SMILES string of the molecule is CC(=O)NCCNCCCNCCNC(=O)CN. The molecule has 7 heteroatoms. The second kappa shape index (κ2) is 12.3. The smallest absolute Gasteiger partial charge is 0.233 e. The highest BCUT2D eigenvalue weighted by Gasteiger charge is 1.94. The van der Waals surface area contributed by atoms with Gasteiger partial charge in [-0.3, -0.25) is 9.59 Å². The number of carbonyl (C=O) groups is 2. The number of nitrogens with two attached hydrogens (primary N) is 1. The molecule has 0 aromatic rings. The van der Waals surface area contributed by atoms with Crippen LogP contribution in [0.25, 0.3) is 0 Å². The zero-order valence-electron chi connectivity index (χ0n) is 11.1. The van der Waals surface area contributed by atoms with E-state index in [-0.39, 0.29) is 18.4 Å². The van der Waals surface area contributed by atoms with E-state index in [1.54, 1.807) is 0 Å². The molecule has 106 valence electrons. The molecule has 0 aromatic carbocycles. The summed E-state index contributed by atoms with van der Waals surface area (Å²) in [5, 5.41) is 11.8. The molecule has 6 N–H and O–H groups in total. The molecule has 0 heterocycles. The van der Waals surface area contributed by atoms with Crippen LogP contribution in [-0.2, 0) is 9.59 Å². The van der Waals surface area contributed by atoms with E-state index in [0.717, 1.165) is 32.6 Å². The Morgan fingerprint density at radius 2 is 1.44 bits per heavy atom. The fourth-order valence-electron chi connectivity index (χ4n) is 1.28. The predicted octanol–water partition coefficient (Wildman–Crippen LogP) is -2.23. The Hall–Kier alpha value is -1.18. The molecule has 0 aromatic heterocycles. The number of amides is 2. The Morgan fingerprint density at radius 3 is 1.94 bits per heavy atom. The van der Waals surface area contributed by atoms with Crippen LogP contribution in [0.5, 0.6) is 0 Å². The summed E-state index contributed by atoms with van der Waals surface area (Å²) in [7, 11) is 0. The van der Waals surface area contributed by atoms with E-state index in [0.29, 0.717) is 13.1 Å². The predicted molar refractivity (Wildman–Crippen MR) is 71.1 cm³/mol. The summed E-state index contributed by atoms with van der Waals surface area (Å²) < 4.78 is 0. The van der Waals surface area contributed by atoms with Gasteiger partial charge in [0.15, 0.2) is 0 Å². The first kappa shape index (κ1) is 16.8. The quantitative estimate of drug-likeness (QED) is 0.270. The molecule has 0 rings (SSSR count). The topological polar surface area (TPSA) is 108 Å². The van der Waals surface area contributed by atoms with Crippen LogP contribution in [0.1, 0.15) is 13.3 Å². The van der Waals surface area contributed by atoms with E-state index in [4.69, 9.17) is 5.73 Å². The van der Waals surface area contributed by atoms with Crippen molar-refractivity contribution in [2.45, 2.75) is 13.3 Å². The molecule has 0 bridgehead atoms. The second-order valence-corrected chi connectivity index (χ2v) is 3.89. The number of hydrogen-bond donors (Lipinski definition) is 5. The van der Waals surface area contributed by atoms with Gasteiger partial charge >= 0.3 is 0 Å². The Balaban J connectivity index is 3.03. The third kappa shape index (κ3) is 12.9. The van der Waals surface area contributed by atoms with Crippen LogP contribution in [-0.4, -0.2) is 57.6 Å². The largest absolute Gasteiger partial charge is 0.355 e. The van der Waals surface area contributed by atoms with E-state index in [2.05, 4.69) is 21.3 Å². The van der Waals surface area contributed by atoms with Gasteiger partial charge in [0.2, 0.25) is 11.8 Å². The maximum atomic E-state index is 10.8. The fraction of sp³-hybridized carbons (Fsp3) is 0.818. The van der Waals surface area contributed by atoms with Crippen molar-refractivity contribution in [1.29, 1.82) is 0 Å². The van der Waals surface area contributed by atoms with Crippen LogP contribution in [0.2, 0.25) is 0 Å². The third-order valence-corrected chi connectivity index (χ3v) is 2.19. The number of rotatable bonds is 11. The number of nitrogens with one attached hydrogen (secondary N) is 4. The van der Waals surface area contributed by atoms with Gasteiger partial charge in [0.25, 0.3) is 0 Å². The van der Waals surface area contributed by atoms with E-state index in [1.165, 1.54) is 6.92 Å². The number of carbonyl (C=O) groups excluding carboxylic acids is 2. The highest BCUT2D eigenvalue weighted by Crippen LogP contribution is 1.73. The molecule has 0 spiro atoms. The first-order valence-corrected chi connectivity index (χ1v) is 6.29. The van der Waals surface area contributed by atoms with Crippen LogP contribution < -0.4 is 27.0 Å². The normalized spacial score (nSPS) is 10.1. The molecule has 0 unspecified atom stereocenters. The van der Waals surface area contributed by atoms with Gasteiger partial charge in [0, 0.05) is 33.1 Å². The van der Waals surface area contributed by atoms with Crippen molar-refractivity contribution in [3.05, 3.63) is 0 Å². The average Bonchev–Trinajstić information content (AvgIpc) is 2.35. The minimum Gasteiger partial charge on any atom is -0.355 e. The summed E-state index contributed by atoms with van der Waals surface area (Å²) in [6, 6.07) is 0. The first-order valence-electron chi connectivity index (χ1n) is 6.29. The van der Waals surface area contributed by atoms with Crippen molar-refractivity contribution < 1.29 is 9.59 Å². The van der Waals surface area contributed by atoms with Gasteiger partial charge in [-0.25, -0.2) is 0 Å². The Kier molecular flexibility index (Phi) is 11.5. The molecule has 0 aliphatic heterocycles. The minimum absolute atomic E-state index is 0.00186. The lowest BCUT2D eigenvalue weighted by molar-refractivity contribution is -0.120. The summed E-state index contributed by atoms with van der Waals surface area (Å²) >= 11 is 0. The van der Waals surface area contributed by atoms with E-state index in [1.807, 2.05) is 0 Å². The Labute approximate surface area is 108 Å². The van der Waals surface area contributed by atoms with Crippen molar-refractivity contribution >= 4 is 11.8 Å². The summed E-state index contributed by atoms with van der Waals surface area (Å²) in [5.41, 5.74) is 5.14. The molecule has 7 nitrogen and oxygen atoms in total. The molecular weight excluding hydrogens is 234 g/mol. The molecule has 0 aliphatic rings. The third-order valence-electron chi connectivity index (χ3n) is 2.19. The minimum atomic E-state index is -0.128. The lowest BCUT2D eigenvalue weighted by atomic mass is 10.4. The zero-order chi connectivity index (χ0) is 13.6. The molecule has 0 fully saturated rings. The van der Waals surface area contributed by atoms with Gasteiger partial charge in [-0.05, 0) is 19.5 Å². The number of hydrogen-bond acceptors (Lipinski definition) is 5. The summed E-state index contributed by atoms with van der Waals surface area (Å²) in [6.07, 6.45) is 1.00. The van der Waals surface area contributed by atoms with Crippen molar-refractivity contribution in [2.75, 3.05) is 45.8 Å². The second-order valence-electron chi connectivity index (χ2n) is 3.89. The zero-order valence-corrected chi connectivity index (χ0v) is 11.1. The molecular formula is C11H25N5O2. The van der Waals surface area contributed by atoms with Gasteiger partial charge in [-0.2, -0.15) is 0 Å². The van der Waals surface area contributed by atoms with E-state index in [9.17, 15) is 9.59 Å². The van der Waals surface area contributed by atoms with Gasteiger partial charge in [0.05, 0.1) is 6.54 Å². The summed E-state index contributed by atoms with van der Waals surface area (Å²) in [5.74, 6) is -0.130. The highest BCUT2D eigenvalue weighted by atomic mass is 16.2. The van der Waals surface area contributed by atoms with Crippen LogP contribution in [0, 0.1) is 0 Å². The first-order chi connectivity index (χ1) is 8.66. The Morgan fingerprint density at radius 1 is 0.889 bits per heavy atom. The van der Waals surface area contributed by atoms with Crippen molar-refractivity contribution in [1.82, 2.24) is 21.3 Å². The molecule has 18 heavy (non-hydrogen) atoms. The molecule has 0 saturated carbocycles. The lowest BCUT2D eigenvalue weighted by Gasteiger charge is -2.07. The Bertz CT molecular complexity index is 235. The average molecular weight is 259 g/mol. The van der Waals surface area contributed by atoms with Gasteiger partial charge in [0.1, 0.15) is 0 Å². The lowest BCUT2D eigenvalue weighted by Crippen LogP contribution is -2.36. The van der Waals surface area contributed by atoms with Crippen LogP contribution >= 0.6 is 0 Å². The maximum absolute atomic E-state index is 10.8. The van der Waals surface area contributed by atoms with Gasteiger partial charge in [-0.1, -0.05) is 0 Å². The molecule has 0 radical (unpaired) electrons. The van der Waals surface area contributed by atoms with Crippen molar-refractivity contribution in [3.8, 4) is 0 Å². The van der Waals surface area contributed by atoms with E-state index >= 15 is 0 Å². The van der Waals surface area contributed by atoms with Crippen LogP contribution in [0.4, 0.5) is 0 Å².